The van der Waals surface area contributed by atoms with E-state index in [2.05, 4.69) is 9.97 Å². The fourth-order valence-corrected chi connectivity index (χ4v) is 2.02. The predicted octanol–water partition coefficient (Wildman–Crippen LogP) is 2.34. The van der Waals surface area contributed by atoms with Gasteiger partial charge in [-0.05, 0) is 24.3 Å². The summed E-state index contributed by atoms with van der Waals surface area (Å²) in [6.45, 7) is 0. The van der Waals surface area contributed by atoms with E-state index < -0.39 is 34.6 Å². The van der Waals surface area contributed by atoms with Crippen LogP contribution in [0.1, 0.15) is 31.1 Å². The van der Waals surface area contributed by atoms with Crippen LogP contribution in [0.4, 0.5) is 0 Å². The molecule has 4 N–H and O–H groups in total. The number of nitrogens with zero attached hydrogens (tertiary/aromatic N) is 1. The van der Waals surface area contributed by atoms with E-state index in [9.17, 15) is 14.4 Å². The van der Waals surface area contributed by atoms with Crippen molar-refractivity contribution in [1.29, 1.82) is 0 Å². The molecule has 3 rings (SSSR count). The van der Waals surface area contributed by atoms with Crippen LogP contribution in [0.3, 0.4) is 0 Å². The number of aromatic amines is 1. The zero-order valence-corrected chi connectivity index (χ0v) is 12.1. The van der Waals surface area contributed by atoms with Gasteiger partial charge in [0, 0.05) is 0 Å². The predicted molar refractivity (Wildman–Crippen MR) is 83.4 cm³/mol. The van der Waals surface area contributed by atoms with Gasteiger partial charge >= 0.3 is 17.9 Å². The molecular weight excluding hydrogens is 316 g/mol. The average molecular weight is 328 g/mol. The third kappa shape index (κ3) is 3.55. The number of hydrogen-bond acceptors (Lipinski definition) is 4. The van der Waals surface area contributed by atoms with Crippen LogP contribution in [0.15, 0.2) is 48.8 Å². The molecule has 0 aliphatic carbocycles. The van der Waals surface area contributed by atoms with E-state index in [4.69, 9.17) is 15.3 Å². The standard InChI is InChI=1S/C9H6O6.C7H6N2/c10-7(11)4-2-1-3-5(8(12)13)6(4)9(14)15;1-2-4-7-6(3-1)8-5-9-7/h1-3H,(H,10,11)(H,12,13)(H,14,15);1-5H,(H,8,9). The van der Waals surface area contributed by atoms with E-state index in [1.165, 1.54) is 6.07 Å². The number of fused-ring (bicyclic) bond motifs is 1. The summed E-state index contributed by atoms with van der Waals surface area (Å²) in [6.07, 6.45) is 1.70. The average Bonchev–Trinajstić information content (AvgIpc) is 3.03. The van der Waals surface area contributed by atoms with Crippen molar-refractivity contribution in [3.63, 3.8) is 0 Å². The molecule has 8 nitrogen and oxygen atoms in total. The van der Waals surface area contributed by atoms with Gasteiger partial charge in [0.25, 0.3) is 0 Å². The lowest BCUT2D eigenvalue weighted by molar-refractivity contribution is 0.0633. The highest BCUT2D eigenvalue weighted by atomic mass is 16.4. The van der Waals surface area contributed by atoms with Crippen molar-refractivity contribution in [1.82, 2.24) is 9.97 Å². The first-order chi connectivity index (χ1) is 11.4. The molecule has 0 radical (unpaired) electrons. The van der Waals surface area contributed by atoms with Crippen LogP contribution >= 0.6 is 0 Å². The van der Waals surface area contributed by atoms with Gasteiger partial charge < -0.3 is 20.3 Å². The minimum Gasteiger partial charge on any atom is -0.478 e. The lowest BCUT2D eigenvalue weighted by Crippen LogP contribution is -2.14. The van der Waals surface area contributed by atoms with Crippen LogP contribution in [0.5, 0.6) is 0 Å². The monoisotopic (exact) mass is 328 g/mol. The Kier molecular flexibility index (Phi) is 4.90. The zero-order chi connectivity index (χ0) is 17.7. The van der Waals surface area contributed by atoms with E-state index in [0.29, 0.717) is 0 Å². The molecule has 0 saturated heterocycles. The second-order valence-electron chi connectivity index (χ2n) is 4.56. The van der Waals surface area contributed by atoms with Gasteiger partial charge in [-0.3, -0.25) is 0 Å². The molecular formula is C16H12N2O6. The van der Waals surface area contributed by atoms with Gasteiger partial charge in [-0.1, -0.05) is 18.2 Å². The van der Waals surface area contributed by atoms with Crippen molar-refractivity contribution in [2.45, 2.75) is 0 Å². The topological polar surface area (TPSA) is 141 Å². The van der Waals surface area contributed by atoms with Gasteiger partial charge in [-0.25, -0.2) is 19.4 Å². The summed E-state index contributed by atoms with van der Waals surface area (Å²) >= 11 is 0. The molecule has 0 spiro atoms. The zero-order valence-electron chi connectivity index (χ0n) is 12.1. The van der Waals surface area contributed by atoms with E-state index >= 15 is 0 Å². The maximum Gasteiger partial charge on any atom is 0.337 e. The first-order valence-electron chi connectivity index (χ1n) is 6.63. The molecule has 3 aromatic rings. The molecule has 0 bridgehead atoms. The van der Waals surface area contributed by atoms with Gasteiger partial charge in [-0.15, -0.1) is 0 Å². The summed E-state index contributed by atoms with van der Waals surface area (Å²) < 4.78 is 0. The van der Waals surface area contributed by atoms with Crippen molar-refractivity contribution < 1.29 is 29.7 Å². The molecule has 0 aliphatic heterocycles. The highest BCUT2D eigenvalue weighted by Crippen LogP contribution is 2.15. The minimum atomic E-state index is -1.58. The lowest BCUT2D eigenvalue weighted by atomic mass is 10.0. The molecule has 8 heteroatoms. The molecule has 0 amide bonds. The largest absolute Gasteiger partial charge is 0.478 e. The molecule has 0 saturated carbocycles. The number of aromatic carboxylic acids is 3. The Morgan fingerprint density at radius 1 is 0.792 bits per heavy atom. The van der Waals surface area contributed by atoms with Gasteiger partial charge in [0.1, 0.15) is 0 Å². The van der Waals surface area contributed by atoms with Gasteiger partial charge in [0.05, 0.1) is 34.1 Å². The molecule has 2 aromatic carbocycles. The maximum atomic E-state index is 10.7. The van der Waals surface area contributed by atoms with E-state index in [1.807, 2.05) is 24.3 Å². The van der Waals surface area contributed by atoms with Crippen molar-refractivity contribution in [3.05, 3.63) is 65.5 Å². The van der Waals surface area contributed by atoms with Crippen LogP contribution in [-0.4, -0.2) is 43.2 Å². The lowest BCUT2D eigenvalue weighted by Gasteiger charge is -2.04. The molecule has 0 unspecified atom stereocenters. The smallest absolute Gasteiger partial charge is 0.337 e. The van der Waals surface area contributed by atoms with Gasteiger partial charge in [0.15, 0.2) is 0 Å². The van der Waals surface area contributed by atoms with Crippen molar-refractivity contribution >= 4 is 28.9 Å². The Morgan fingerprint density at radius 2 is 1.38 bits per heavy atom. The van der Waals surface area contributed by atoms with Crippen LogP contribution < -0.4 is 0 Å². The summed E-state index contributed by atoms with van der Waals surface area (Å²) in [7, 11) is 0. The number of nitrogens with one attached hydrogen (secondary N) is 1. The van der Waals surface area contributed by atoms with Crippen molar-refractivity contribution in [3.8, 4) is 0 Å². The first-order valence-corrected chi connectivity index (χ1v) is 6.63. The molecule has 24 heavy (non-hydrogen) atoms. The number of benzene rings is 2. The fourth-order valence-electron chi connectivity index (χ4n) is 2.02. The molecule has 122 valence electrons. The Hall–Kier alpha value is -3.68. The number of H-pyrrole nitrogens is 1. The van der Waals surface area contributed by atoms with Crippen LogP contribution in [0.25, 0.3) is 11.0 Å². The van der Waals surface area contributed by atoms with E-state index in [1.54, 1.807) is 6.33 Å². The molecule has 0 atom stereocenters. The van der Waals surface area contributed by atoms with Crippen LogP contribution in [-0.2, 0) is 0 Å². The van der Waals surface area contributed by atoms with Gasteiger partial charge in [-0.2, -0.15) is 0 Å². The summed E-state index contributed by atoms with van der Waals surface area (Å²) in [5.74, 6) is -4.53. The van der Waals surface area contributed by atoms with E-state index in [0.717, 1.165) is 23.2 Å². The van der Waals surface area contributed by atoms with Crippen molar-refractivity contribution in [2.24, 2.45) is 0 Å². The Bertz CT molecular complexity index is 853. The third-order valence-corrected chi connectivity index (χ3v) is 3.07. The molecule has 1 heterocycles. The quantitative estimate of drug-likeness (QED) is 0.578. The Balaban J connectivity index is 0.000000194. The summed E-state index contributed by atoms with van der Waals surface area (Å²) in [4.78, 5) is 39.1. The maximum absolute atomic E-state index is 10.7. The number of rotatable bonds is 3. The number of aromatic nitrogens is 2. The van der Waals surface area contributed by atoms with Gasteiger partial charge in [0.2, 0.25) is 0 Å². The molecule has 1 aromatic heterocycles. The number of imidazole rings is 1. The summed E-state index contributed by atoms with van der Waals surface area (Å²) in [6, 6.07) is 11.2. The highest BCUT2D eigenvalue weighted by Gasteiger charge is 2.22. The summed E-state index contributed by atoms with van der Waals surface area (Å²) in [5, 5.41) is 26.0. The number of carbonyl (C=O) groups is 3. The van der Waals surface area contributed by atoms with Crippen molar-refractivity contribution in [2.75, 3.05) is 0 Å². The first kappa shape index (κ1) is 16.7. The SMILES string of the molecule is O=C(O)c1cccc(C(=O)O)c1C(=O)O.c1ccc2[nH]cnc2c1. The van der Waals surface area contributed by atoms with E-state index in [-0.39, 0.29) is 0 Å². The van der Waals surface area contributed by atoms with Crippen LogP contribution in [0.2, 0.25) is 0 Å². The second-order valence-corrected chi connectivity index (χ2v) is 4.56. The number of para-hydroxylation sites is 2. The molecule has 0 aliphatic rings. The normalized spacial score (nSPS) is 9.83. The number of hydrogen-bond donors (Lipinski definition) is 4. The summed E-state index contributed by atoms with van der Waals surface area (Å²) in [5.41, 5.74) is 0.331. The third-order valence-electron chi connectivity index (χ3n) is 3.07. The number of carboxylic acid groups (broad SMARTS) is 3. The highest BCUT2D eigenvalue weighted by molar-refractivity contribution is 6.09. The fraction of sp³-hybridized carbons (Fsp3) is 0. The Morgan fingerprint density at radius 3 is 1.88 bits per heavy atom. The second kappa shape index (κ2) is 7.05. The number of carboxylic acids is 3. The Labute approximate surface area is 135 Å². The van der Waals surface area contributed by atoms with Crippen LogP contribution in [0, 0.1) is 0 Å². The minimum absolute atomic E-state index is 0.539. The molecule has 0 fully saturated rings.